The minimum absolute atomic E-state index is 0.00832. The zero-order chi connectivity index (χ0) is 54.4. The standard InChI is InChI=1S/C57H64N12O8/c1-8-47(71)60-40-26-35(59-50-56(77)62(6)30-41(61-50)37-16-18-58-51(39(37)31-70)68-23-22-67-45(54(68)75)25-34-27-57(4,5)28-46(34)67)12-13-42(40)66-21-20-64(29-33(66)3)36-17-19-65(32(2)24-36)43-11-9-10-38-49(43)55(76)69(52(38)73)44-14-15-48(72)63(7)53(44)74/h8-13,16,18,25-26,30,32-33,36,44,70H,1,14-15,17,19-24,27-29,31H2,2-7H3,(H,59,61)(H,60,71)/t32-,33-,36?,44?/m0/s1. The molecule has 1 aliphatic carbocycles. The van der Waals surface area contributed by atoms with Gasteiger partial charge in [-0.25, -0.2) is 9.97 Å². The maximum absolute atomic E-state index is 14.1. The van der Waals surface area contributed by atoms with Crippen LogP contribution in [0.25, 0.3) is 11.3 Å². The van der Waals surface area contributed by atoms with Crippen LogP contribution in [0.4, 0.5) is 34.4 Å². The summed E-state index contributed by atoms with van der Waals surface area (Å²) in [6, 6.07) is 13.8. The third-order valence-corrected chi connectivity index (χ3v) is 16.6. The molecular weight excluding hydrogens is 981 g/mol. The number of aliphatic hydroxyl groups excluding tert-OH is 1. The molecule has 77 heavy (non-hydrogen) atoms. The number of imide groups is 2. The number of likely N-dealkylation sites (tertiary alicyclic amines) is 1. The van der Waals surface area contributed by atoms with Gasteiger partial charge in [-0.05, 0) is 105 Å². The van der Waals surface area contributed by atoms with E-state index in [1.165, 1.54) is 28.9 Å². The zero-order valence-electron chi connectivity index (χ0n) is 44.3. The van der Waals surface area contributed by atoms with E-state index in [0.29, 0.717) is 77.1 Å². The Balaban J connectivity index is 0.784. The van der Waals surface area contributed by atoms with Gasteiger partial charge in [0, 0.05) is 113 Å². The number of anilines is 6. The fraction of sp³-hybridized carbons (Fsp3) is 0.421. The van der Waals surface area contributed by atoms with Crippen LogP contribution in [0.3, 0.4) is 0 Å². The molecule has 3 N–H and O–H groups in total. The molecule has 11 rings (SSSR count). The average molecular weight is 1050 g/mol. The van der Waals surface area contributed by atoms with Gasteiger partial charge in [-0.15, -0.1) is 0 Å². The van der Waals surface area contributed by atoms with Crippen LogP contribution in [-0.2, 0) is 47.4 Å². The van der Waals surface area contributed by atoms with Crippen molar-refractivity contribution in [3.8, 4) is 11.3 Å². The Bertz CT molecular complexity index is 3400. The summed E-state index contributed by atoms with van der Waals surface area (Å²) in [5.41, 5.74) is 7.10. The van der Waals surface area contributed by atoms with Crippen LogP contribution in [-0.4, -0.2) is 138 Å². The van der Waals surface area contributed by atoms with Crippen molar-refractivity contribution < 1.29 is 33.9 Å². The smallest absolute Gasteiger partial charge is 0.293 e. The van der Waals surface area contributed by atoms with Gasteiger partial charge in [0.1, 0.15) is 17.6 Å². The highest BCUT2D eigenvalue weighted by Crippen LogP contribution is 2.42. The lowest BCUT2D eigenvalue weighted by Gasteiger charge is -2.48. The summed E-state index contributed by atoms with van der Waals surface area (Å²) in [6.07, 6.45) is 7.99. The van der Waals surface area contributed by atoms with E-state index >= 15 is 0 Å². The molecule has 5 aliphatic heterocycles. The van der Waals surface area contributed by atoms with E-state index in [0.717, 1.165) is 54.3 Å². The van der Waals surface area contributed by atoms with Crippen LogP contribution in [0.2, 0.25) is 0 Å². The van der Waals surface area contributed by atoms with Crippen molar-refractivity contribution in [3.05, 3.63) is 118 Å². The maximum atomic E-state index is 14.1. The fourth-order valence-electron chi connectivity index (χ4n) is 12.8. The molecule has 6 amide bonds. The third-order valence-electron chi connectivity index (χ3n) is 16.6. The number of hydrogen-bond donors (Lipinski definition) is 3. The monoisotopic (exact) mass is 1040 g/mol. The number of piperidine rings is 2. The van der Waals surface area contributed by atoms with E-state index in [1.807, 2.05) is 24.3 Å². The van der Waals surface area contributed by atoms with Gasteiger partial charge in [0.2, 0.25) is 11.8 Å². The number of pyridine rings is 1. The zero-order valence-corrected chi connectivity index (χ0v) is 44.3. The molecule has 4 atom stereocenters. The average Bonchev–Trinajstić information content (AvgIpc) is 4.01. The van der Waals surface area contributed by atoms with Crippen molar-refractivity contribution >= 4 is 69.8 Å². The highest BCUT2D eigenvalue weighted by Gasteiger charge is 2.48. The summed E-state index contributed by atoms with van der Waals surface area (Å²) in [7, 11) is 3.00. The number of carbonyl (C=O) groups excluding carboxylic acids is 6. The number of rotatable bonds is 11. The van der Waals surface area contributed by atoms with Crippen LogP contribution in [0.1, 0.15) is 101 Å². The first kappa shape index (κ1) is 51.2. The number of nitrogens with one attached hydrogen (secondary N) is 2. The first-order valence-corrected chi connectivity index (χ1v) is 26.5. The number of likely N-dealkylation sites (N-methyl/N-ethyl adjacent to an activating group) is 1. The Hall–Kier alpha value is -7.97. The summed E-state index contributed by atoms with van der Waals surface area (Å²) in [5.74, 6) is -2.15. The van der Waals surface area contributed by atoms with E-state index in [2.05, 4.69) is 69.2 Å². The number of hydrogen-bond acceptors (Lipinski definition) is 14. The number of benzene rings is 2. The van der Waals surface area contributed by atoms with Crippen molar-refractivity contribution in [2.24, 2.45) is 12.5 Å². The lowest BCUT2D eigenvalue weighted by molar-refractivity contribution is -0.149. The number of fused-ring (bicyclic) bond motifs is 4. The summed E-state index contributed by atoms with van der Waals surface area (Å²) in [5, 5.41) is 17.1. The first-order chi connectivity index (χ1) is 36.9. The molecule has 20 nitrogen and oxygen atoms in total. The Kier molecular flexibility index (Phi) is 13.0. The Morgan fingerprint density at radius 1 is 0.870 bits per heavy atom. The molecule has 3 fully saturated rings. The number of carbonyl (C=O) groups is 6. The summed E-state index contributed by atoms with van der Waals surface area (Å²) < 4.78 is 3.54. The highest BCUT2D eigenvalue weighted by atomic mass is 16.3. The molecule has 0 saturated carbocycles. The normalized spacial score (nSPS) is 22.4. The highest BCUT2D eigenvalue weighted by molar-refractivity contribution is 6.25. The maximum Gasteiger partial charge on any atom is 0.293 e. The van der Waals surface area contributed by atoms with Gasteiger partial charge >= 0.3 is 0 Å². The van der Waals surface area contributed by atoms with Gasteiger partial charge in [0.05, 0.1) is 40.5 Å². The number of aliphatic hydroxyl groups is 1. The van der Waals surface area contributed by atoms with Crippen molar-refractivity contribution in [1.82, 2.24) is 33.8 Å². The van der Waals surface area contributed by atoms with Crippen molar-refractivity contribution in [1.29, 1.82) is 0 Å². The van der Waals surface area contributed by atoms with Gasteiger partial charge < -0.3 is 34.7 Å². The molecule has 2 aromatic carbocycles. The Labute approximate surface area is 445 Å². The number of piperazine rings is 1. The van der Waals surface area contributed by atoms with Gasteiger partial charge in [-0.3, -0.25) is 53.2 Å². The predicted octanol–water partition coefficient (Wildman–Crippen LogP) is 5.10. The van der Waals surface area contributed by atoms with Crippen LogP contribution < -0.4 is 30.9 Å². The SMILES string of the molecule is C=CC(=O)Nc1cc(Nc2nc(-c3ccnc(N4CCn5c(cc6c5CC(C)(C)C6)C4=O)c3CO)cn(C)c2=O)ccc1N1CCN(C2CCN(c3cccc4c3C(=O)N(C3CCC(=O)N(C)C3=O)C4=O)[C@@H](C)C2)C[C@@H]1C. The molecule has 5 aromatic rings. The van der Waals surface area contributed by atoms with Crippen molar-refractivity contribution in [3.63, 3.8) is 0 Å². The molecule has 8 heterocycles. The minimum atomic E-state index is -1.03. The quantitative estimate of drug-likeness (QED) is 0.116. The van der Waals surface area contributed by atoms with Crippen LogP contribution in [0.5, 0.6) is 0 Å². The van der Waals surface area contributed by atoms with Gasteiger partial charge in [-0.2, -0.15) is 0 Å². The second-order valence-electron chi connectivity index (χ2n) is 22.2. The predicted molar refractivity (Wildman–Crippen MR) is 290 cm³/mol. The molecular formula is C57H64N12O8. The Morgan fingerprint density at radius 3 is 2.42 bits per heavy atom. The second-order valence-corrected chi connectivity index (χ2v) is 22.2. The molecule has 0 radical (unpaired) electrons. The number of aromatic nitrogens is 4. The fourth-order valence-corrected chi connectivity index (χ4v) is 12.8. The van der Waals surface area contributed by atoms with Crippen LogP contribution in [0.15, 0.2) is 78.4 Å². The number of amides is 6. The number of aryl methyl sites for hydroxylation is 1. The topological polar surface area (TPSA) is 219 Å². The van der Waals surface area contributed by atoms with Crippen molar-refractivity contribution in [2.75, 3.05) is 65.1 Å². The third kappa shape index (κ3) is 8.85. The summed E-state index contributed by atoms with van der Waals surface area (Å²) >= 11 is 0. The van der Waals surface area contributed by atoms with Crippen LogP contribution >= 0.6 is 0 Å². The van der Waals surface area contributed by atoms with E-state index in [1.54, 1.807) is 48.6 Å². The molecule has 400 valence electrons. The minimum Gasteiger partial charge on any atom is -0.392 e. The first-order valence-electron chi connectivity index (χ1n) is 26.5. The van der Waals surface area contributed by atoms with E-state index in [4.69, 9.17) is 4.98 Å². The molecule has 0 spiro atoms. The second kappa shape index (κ2) is 19.6. The number of nitrogens with zero attached hydrogens (tertiary/aromatic N) is 10. The molecule has 6 aliphatic rings. The summed E-state index contributed by atoms with van der Waals surface area (Å²) in [4.78, 5) is 114. The van der Waals surface area contributed by atoms with E-state index in [9.17, 15) is 38.7 Å². The van der Waals surface area contributed by atoms with E-state index < -0.39 is 41.8 Å². The lowest BCUT2D eigenvalue weighted by atomic mass is 9.90. The summed E-state index contributed by atoms with van der Waals surface area (Å²) in [6.45, 7) is 15.8. The van der Waals surface area contributed by atoms with Crippen LogP contribution in [0, 0.1) is 5.41 Å². The van der Waals surface area contributed by atoms with E-state index in [-0.39, 0.29) is 59.6 Å². The molecule has 2 unspecified atom stereocenters. The molecule has 3 saturated heterocycles. The van der Waals surface area contributed by atoms with Gasteiger partial charge in [-0.1, -0.05) is 26.5 Å². The van der Waals surface area contributed by atoms with Crippen molar-refractivity contribution in [2.45, 2.75) is 104 Å². The largest absolute Gasteiger partial charge is 0.392 e. The molecule has 3 aromatic heterocycles. The Morgan fingerprint density at radius 2 is 1.66 bits per heavy atom. The lowest BCUT2D eigenvalue weighted by Crippen LogP contribution is -2.58. The van der Waals surface area contributed by atoms with Gasteiger partial charge in [0.25, 0.3) is 29.2 Å². The molecule has 20 heteroatoms. The molecule has 0 bridgehead atoms. The van der Waals surface area contributed by atoms with Gasteiger partial charge in [0.15, 0.2) is 5.82 Å².